The van der Waals surface area contributed by atoms with Gasteiger partial charge in [0.1, 0.15) is 5.82 Å². The molecule has 1 aromatic carbocycles. The number of nitrogens with zero attached hydrogens (tertiary/aromatic N) is 4. The van der Waals surface area contributed by atoms with Gasteiger partial charge in [0, 0.05) is 57.6 Å². The molecule has 3 heterocycles. The molecule has 2 aliphatic heterocycles. The molecule has 28 heavy (non-hydrogen) atoms. The van der Waals surface area contributed by atoms with Gasteiger partial charge in [0.2, 0.25) is 0 Å². The van der Waals surface area contributed by atoms with Crippen molar-refractivity contribution in [2.24, 2.45) is 0 Å². The van der Waals surface area contributed by atoms with Crippen molar-refractivity contribution in [3.63, 3.8) is 0 Å². The van der Waals surface area contributed by atoms with E-state index in [4.69, 9.17) is 0 Å². The van der Waals surface area contributed by atoms with Gasteiger partial charge in [-0.15, -0.1) is 0 Å². The molecule has 1 amide bonds. The highest BCUT2D eigenvalue weighted by Crippen LogP contribution is 2.19. The average molecular weight is 379 g/mol. The largest absolute Gasteiger partial charge is 0.357 e. The van der Waals surface area contributed by atoms with Crippen LogP contribution < -0.4 is 4.90 Å². The molecule has 0 bridgehead atoms. The molecule has 2 aromatic rings. The molecule has 0 aliphatic carbocycles. The number of pyridine rings is 1. The Kier molecular flexibility index (Phi) is 6.22. The quantitative estimate of drug-likeness (QED) is 0.817. The van der Waals surface area contributed by atoms with E-state index in [1.165, 1.54) is 31.2 Å². The highest BCUT2D eigenvalue weighted by molar-refractivity contribution is 5.95. The molecule has 0 spiro atoms. The Morgan fingerprint density at radius 2 is 1.57 bits per heavy atom. The van der Waals surface area contributed by atoms with Gasteiger partial charge in [-0.3, -0.25) is 9.69 Å². The summed E-state index contributed by atoms with van der Waals surface area (Å²) in [5, 5.41) is 0. The molecule has 1 aromatic heterocycles. The lowest BCUT2D eigenvalue weighted by molar-refractivity contribution is 0.0628. The zero-order valence-corrected chi connectivity index (χ0v) is 16.6. The number of carbonyl (C=O) groups excluding carboxylic acids is 1. The smallest absolute Gasteiger partial charge is 0.254 e. The Morgan fingerprint density at radius 3 is 2.29 bits per heavy atom. The Hall–Kier alpha value is -2.40. The van der Waals surface area contributed by atoms with E-state index in [-0.39, 0.29) is 5.91 Å². The second kappa shape index (κ2) is 9.20. The molecule has 2 fully saturated rings. The summed E-state index contributed by atoms with van der Waals surface area (Å²) in [4.78, 5) is 24.3. The number of hydrogen-bond donors (Lipinski definition) is 0. The number of piperazine rings is 1. The third-order valence-corrected chi connectivity index (χ3v) is 5.83. The van der Waals surface area contributed by atoms with Gasteiger partial charge in [-0.2, -0.15) is 0 Å². The average Bonchev–Trinajstić information content (AvgIpc) is 3.04. The van der Waals surface area contributed by atoms with Gasteiger partial charge in [-0.25, -0.2) is 4.98 Å². The van der Waals surface area contributed by atoms with E-state index in [1.807, 2.05) is 17.0 Å². The van der Waals surface area contributed by atoms with Crippen LogP contribution in [0.5, 0.6) is 0 Å². The van der Waals surface area contributed by atoms with Gasteiger partial charge >= 0.3 is 0 Å². The number of amides is 1. The molecule has 148 valence electrons. The van der Waals surface area contributed by atoms with Crippen molar-refractivity contribution < 1.29 is 4.79 Å². The number of benzene rings is 1. The fourth-order valence-corrected chi connectivity index (χ4v) is 4.16. The van der Waals surface area contributed by atoms with E-state index >= 15 is 0 Å². The van der Waals surface area contributed by atoms with E-state index in [1.54, 1.807) is 6.20 Å². The lowest BCUT2D eigenvalue weighted by Crippen LogP contribution is -2.48. The number of carbonyl (C=O) groups is 1. The van der Waals surface area contributed by atoms with Gasteiger partial charge < -0.3 is 9.80 Å². The van der Waals surface area contributed by atoms with Gasteiger partial charge in [0.15, 0.2) is 0 Å². The predicted octanol–water partition coefficient (Wildman–Crippen LogP) is 3.42. The van der Waals surface area contributed by atoms with Crippen molar-refractivity contribution in [2.45, 2.75) is 32.2 Å². The summed E-state index contributed by atoms with van der Waals surface area (Å²) >= 11 is 0. The minimum atomic E-state index is 0.137. The van der Waals surface area contributed by atoms with Crippen LogP contribution in [0, 0.1) is 0 Å². The maximum Gasteiger partial charge on any atom is 0.254 e. The molecule has 4 rings (SSSR count). The summed E-state index contributed by atoms with van der Waals surface area (Å²) in [5.74, 6) is 1.09. The minimum Gasteiger partial charge on any atom is -0.357 e. The summed E-state index contributed by atoms with van der Waals surface area (Å²) in [7, 11) is 0. The summed E-state index contributed by atoms with van der Waals surface area (Å²) in [6.45, 7) is 6.46. The molecule has 5 heteroatoms. The highest BCUT2D eigenvalue weighted by Gasteiger charge is 2.23. The number of aromatic nitrogens is 1. The van der Waals surface area contributed by atoms with Crippen LogP contribution in [0.2, 0.25) is 0 Å². The Bertz CT molecular complexity index is 763. The molecule has 0 atom stereocenters. The topological polar surface area (TPSA) is 39.7 Å². The van der Waals surface area contributed by atoms with Crippen molar-refractivity contribution in [2.75, 3.05) is 44.2 Å². The molecule has 2 aliphatic rings. The summed E-state index contributed by atoms with van der Waals surface area (Å²) < 4.78 is 0. The summed E-state index contributed by atoms with van der Waals surface area (Å²) in [6, 6.07) is 14.4. The second-order valence-electron chi connectivity index (χ2n) is 7.86. The van der Waals surface area contributed by atoms with E-state index in [9.17, 15) is 4.79 Å². The first-order chi connectivity index (χ1) is 13.8. The third-order valence-electron chi connectivity index (χ3n) is 5.83. The first-order valence-corrected chi connectivity index (χ1v) is 10.6. The van der Waals surface area contributed by atoms with Crippen LogP contribution >= 0.6 is 0 Å². The highest BCUT2D eigenvalue weighted by atomic mass is 16.2. The van der Waals surface area contributed by atoms with E-state index in [2.05, 4.69) is 45.1 Å². The number of rotatable bonds is 4. The van der Waals surface area contributed by atoms with Crippen molar-refractivity contribution in [1.82, 2.24) is 14.8 Å². The molecule has 0 unspecified atom stereocenters. The number of anilines is 1. The predicted molar refractivity (Wildman–Crippen MR) is 113 cm³/mol. The van der Waals surface area contributed by atoms with Gasteiger partial charge in [-0.05, 0) is 30.5 Å². The fraction of sp³-hybridized carbons (Fsp3) is 0.478. The Balaban J connectivity index is 1.35. The fourth-order valence-electron chi connectivity index (χ4n) is 4.16. The maximum absolute atomic E-state index is 13.0. The number of hydrogen-bond acceptors (Lipinski definition) is 4. The lowest BCUT2D eigenvalue weighted by Gasteiger charge is -2.35. The van der Waals surface area contributed by atoms with Crippen molar-refractivity contribution in [1.29, 1.82) is 0 Å². The van der Waals surface area contributed by atoms with Crippen molar-refractivity contribution in [3.8, 4) is 0 Å². The van der Waals surface area contributed by atoms with E-state index in [0.717, 1.165) is 57.2 Å². The van der Waals surface area contributed by atoms with Crippen molar-refractivity contribution >= 4 is 11.7 Å². The zero-order chi connectivity index (χ0) is 19.2. The van der Waals surface area contributed by atoms with Gasteiger partial charge in [0.05, 0.1) is 0 Å². The second-order valence-corrected chi connectivity index (χ2v) is 7.86. The monoisotopic (exact) mass is 378 g/mol. The van der Waals surface area contributed by atoms with Crippen LogP contribution in [0.25, 0.3) is 0 Å². The van der Waals surface area contributed by atoms with Crippen LogP contribution in [0.15, 0.2) is 48.7 Å². The van der Waals surface area contributed by atoms with E-state index < -0.39 is 0 Å². The minimum absolute atomic E-state index is 0.137. The molecule has 0 saturated carbocycles. The summed E-state index contributed by atoms with van der Waals surface area (Å²) in [6.07, 6.45) is 6.80. The van der Waals surface area contributed by atoms with Crippen LogP contribution in [0.4, 0.5) is 5.82 Å². The van der Waals surface area contributed by atoms with Crippen LogP contribution in [0.3, 0.4) is 0 Å². The van der Waals surface area contributed by atoms with E-state index in [0.29, 0.717) is 0 Å². The normalized spacial score (nSPS) is 18.7. The van der Waals surface area contributed by atoms with Crippen LogP contribution in [0.1, 0.15) is 41.6 Å². The van der Waals surface area contributed by atoms with Crippen molar-refractivity contribution in [3.05, 3.63) is 59.8 Å². The molecular weight excluding hydrogens is 348 g/mol. The van der Waals surface area contributed by atoms with Gasteiger partial charge in [0.25, 0.3) is 5.91 Å². The first-order valence-electron chi connectivity index (χ1n) is 10.6. The molecule has 5 nitrogen and oxygen atoms in total. The summed E-state index contributed by atoms with van der Waals surface area (Å²) in [5.41, 5.74) is 2.10. The Morgan fingerprint density at radius 1 is 0.857 bits per heavy atom. The molecule has 2 saturated heterocycles. The third kappa shape index (κ3) is 4.71. The Labute approximate surface area is 168 Å². The van der Waals surface area contributed by atoms with Crippen LogP contribution in [-0.2, 0) is 6.54 Å². The SMILES string of the molecule is O=C(c1ccnc(N2CCCCCC2)c1)N1CCN(Cc2ccccc2)CC1. The molecule has 0 N–H and O–H groups in total. The van der Waals surface area contributed by atoms with Gasteiger partial charge in [-0.1, -0.05) is 43.2 Å². The maximum atomic E-state index is 13.0. The molecular formula is C23H30N4O. The zero-order valence-electron chi connectivity index (χ0n) is 16.6. The lowest BCUT2D eigenvalue weighted by atomic mass is 10.1. The first kappa shape index (κ1) is 18.9. The standard InChI is InChI=1S/C23H30N4O/c28-23(21-10-11-24-22(18-21)26-12-6-1-2-7-13-26)27-16-14-25(15-17-27)19-20-8-4-3-5-9-20/h3-5,8-11,18H,1-2,6-7,12-17,19H2. The van der Waals surface area contributed by atoms with Crippen LogP contribution in [-0.4, -0.2) is 60.0 Å². The molecule has 0 radical (unpaired) electrons.